The van der Waals surface area contributed by atoms with Gasteiger partial charge in [0.25, 0.3) is 11.1 Å². The number of nitrogens with zero attached hydrogens (tertiary/aromatic N) is 3. The fraction of sp³-hybridized carbons (Fsp3) is 0.269. The maximum Gasteiger partial charge on any atom is 0.337 e. The zero-order valence-corrected chi connectivity index (χ0v) is 21.2. The number of aryl methyl sites for hydroxylation is 2. The van der Waals surface area contributed by atoms with E-state index in [2.05, 4.69) is 21.2 Å². The molecule has 1 N–H and O–H groups in total. The van der Waals surface area contributed by atoms with Crippen molar-refractivity contribution in [2.75, 3.05) is 5.32 Å². The van der Waals surface area contributed by atoms with Crippen molar-refractivity contribution in [2.24, 2.45) is 7.05 Å². The predicted octanol–water partition coefficient (Wildman–Crippen LogP) is 4.89. The molecule has 0 aliphatic carbocycles. The molecule has 0 spiro atoms. The SMILES string of the molecule is CCc1cc(Br)ccc1Nc1cc(=O)n(C)c2c1c(=O)n(C(C)CC)c(=O)n2-c1ccccc1. The van der Waals surface area contributed by atoms with Gasteiger partial charge in [-0.05, 0) is 55.7 Å². The van der Waals surface area contributed by atoms with Crippen LogP contribution in [0, 0.1) is 0 Å². The van der Waals surface area contributed by atoms with Gasteiger partial charge in [-0.3, -0.25) is 18.7 Å². The lowest BCUT2D eigenvalue weighted by Gasteiger charge is -2.21. The molecule has 2 aromatic carbocycles. The fourth-order valence-electron chi connectivity index (χ4n) is 4.16. The van der Waals surface area contributed by atoms with Gasteiger partial charge in [-0.15, -0.1) is 0 Å². The van der Waals surface area contributed by atoms with Crippen LogP contribution in [0.1, 0.15) is 38.8 Å². The number of aromatic nitrogens is 3. The minimum Gasteiger partial charge on any atom is -0.354 e. The molecule has 1 atom stereocenters. The standard InChI is InChI=1S/C26H27BrN4O3/c1-5-16(3)30-25(33)23-21(28-20-13-12-18(27)14-17(20)6-2)15-22(32)29(4)24(23)31(26(30)34)19-10-8-7-9-11-19/h7-16,28H,5-6H2,1-4H3. The Bertz CT molecular complexity index is 1550. The summed E-state index contributed by atoms with van der Waals surface area (Å²) in [7, 11) is 1.58. The number of fused-ring (bicyclic) bond motifs is 1. The molecule has 2 aromatic heterocycles. The van der Waals surface area contributed by atoms with Crippen LogP contribution in [0.25, 0.3) is 16.7 Å². The monoisotopic (exact) mass is 522 g/mol. The second-order valence-corrected chi connectivity index (χ2v) is 9.24. The van der Waals surface area contributed by atoms with Gasteiger partial charge in [-0.25, -0.2) is 9.36 Å². The number of nitrogens with one attached hydrogen (secondary N) is 1. The van der Waals surface area contributed by atoms with Crippen LogP contribution in [0.15, 0.2) is 73.5 Å². The Morgan fingerprint density at radius 2 is 1.68 bits per heavy atom. The van der Waals surface area contributed by atoms with Gasteiger partial charge < -0.3 is 5.32 Å². The minimum atomic E-state index is -0.469. The molecular weight excluding hydrogens is 496 g/mol. The summed E-state index contributed by atoms with van der Waals surface area (Å²) >= 11 is 3.50. The number of hydrogen-bond acceptors (Lipinski definition) is 4. The van der Waals surface area contributed by atoms with Gasteiger partial charge in [0.05, 0.1) is 11.4 Å². The van der Waals surface area contributed by atoms with Crippen LogP contribution in [0.3, 0.4) is 0 Å². The summed E-state index contributed by atoms with van der Waals surface area (Å²) in [5.41, 5.74) is 1.83. The molecule has 0 saturated carbocycles. The molecule has 0 bridgehead atoms. The molecule has 0 saturated heterocycles. The second kappa shape index (κ2) is 9.46. The van der Waals surface area contributed by atoms with Crippen molar-refractivity contribution >= 4 is 38.3 Å². The first kappa shape index (κ1) is 23.8. The Hall–Kier alpha value is -3.39. The topological polar surface area (TPSA) is 78.0 Å². The quantitative estimate of drug-likeness (QED) is 0.391. The van der Waals surface area contributed by atoms with Gasteiger partial charge in [0.2, 0.25) is 0 Å². The van der Waals surface area contributed by atoms with Crippen molar-refractivity contribution in [1.29, 1.82) is 0 Å². The number of pyridine rings is 1. The number of hydrogen-bond donors (Lipinski definition) is 1. The summed E-state index contributed by atoms with van der Waals surface area (Å²) in [6.07, 6.45) is 1.37. The van der Waals surface area contributed by atoms with E-state index in [-0.39, 0.29) is 22.6 Å². The number of benzene rings is 2. The van der Waals surface area contributed by atoms with Crippen LogP contribution >= 0.6 is 15.9 Å². The molecule has 8 heteroatoms. The van der Waals surface area contributed by atoms with Crippen molar-refractivity contribution in [2.45, 2.75) is 39.7 Å². The van der Waals surface area contributed by atoms with Gasteiger partial charge in [-0.2, -0.15) is 0 Å². The lowest BCUT2D eigenvalue weighted by atomic mass is 10.1. The molecule has 34 heavy (non-hydrogen) atoms. The molecule has 0 amide bonds. The smallest absolute Gasteiger partial charge is 0.337 e. The fourth-order valence-corrected chi connectivity index (χ4v) is 4.57. The Morgan fingerprint density at radius 3 is 2.32 bits per heavy atom. The summed E-state index contributed by atoms with van der Waals surface area (Å²) in [5, 5.41) is 3.61. The van der Waals surface area contributed by atoms with Gasteiger partial charge in [0, 0.05) is 29.3 Å². The van der Waals surface area contributed by atoms with Crippen LogP contribution in [0.4, 0.5) is 11.4 Å². The molecule has 0 fully saturated rings. The summed E-state index contributed by atoms with van der Waals surface area (Å²) in [6, 6.07) is 16.0. The summed E-state index contributed by atoms with van der Waals surface area (Å²) in [6.45, 7) is 5.82. The first-order valence-electron chi connectivity index (χ1n) is 11.3. The first-order valence-corrected chi connectivity index (χ1v) is 12.1. The molecule has 7 nitrogen and oxygen atoms in total. The molecule has 0 radical (unpaired) electrons. The largest absolute Gasteiger partial charge is 0.354 e. The molecule has 2 heterocycles. The summed E-state index contributed by atoms with van der Waals surface area (Å²) in [5.74, 6) is 0. The second-order valence-electron chi connectivity index (χ2n) is 8.32. The number of anilines is 2. The number of halogens is 1. The van der Waals surface area contributed by atoms with E-state index in [1.807, 2.05) is 57.2 Å². The molecular formula is C26H27BrN4O3. The van der Waals surface area contributed by atoms with E-state index in [9.17, 15) is 14.4 Å². The van der Waals surface area contributed by atoms with E-state index in [0.29, 0.717) is 17.8 Å². The third-order valence-electron chi connectivity index (χ3n) is 6.21. The third-order valence-corrected chi connectivity index (χ3v) is 6.71. The number of para-hydroxylation sites is 1. The van der Waals surface area contributed by atoms with E-state index in [1.54, 1.807) is 19.2 Å². The van der Waals surface area contributed by atoms with Crippen molar-refractivity contribution < 1.29 is 0 Å². The maximum absolute atomic E-state index is 13.8. The van der Waals surface area contributed by atoms with E-state index in [4.69, 9.17) is 0 Å². The third kappa shape index (κ3) is 4.03. The highest BCUT2D eigenvalue weighted by atomic mass is 79.9. The molecule has 4 aromatic rings. The lowest BCUT2D eigenvalue weighted by molar-refractivity contribution is 0.485. The van der Waals surface area contributed by atoms with E-state index < -0.39 is 11.2 Å². The van der Waals surface area contributed by atoms with Crippen LogP contribution in [0.2, 0.25) is 0 Å². The Kier molecular flexibility index (Phi) is 6.61. The first-order chi connectivity index (χ1) is 16.3. The maximum atomic E-state index is 13.8. The zero-order chi connectivity index (χ0) is 24.6. The van der Waals surface area contributed by atoms with Crippen LogP contribution in [-0.4, -0.2) is 13.7 Å². The molecule has 4 rings (SSSR count). The van der Waals surface area contributed by atoms with Crippen LogP contribution < -0.4 is 22.1 Å². The Labute approximate surface area is 205 Å². The lowest BCUT2D eigenvalue weighted by Crippen LogP contribution is -2.43. The average Bonchev–Trinajstić information content (AvgIpc) is 2.83. The highest BCUT2D eigenvalue weighted by Crippen LogP contribution is 2.28. The van der Waals surface area contributed by atoms with Gasteiger partial charge in [0.1, 0.15) is 11.0 Å². The molecule has 0 aliphatic rings. The van der Waals surface area contributed by atoms with E-state index in [1.165, 1.54) is 19.8 Å². The Balaban J connectivity index is 2.17. The van der Waals surface area contributed by atoms with Gasteiger partial charge >= 0.3 is 5.69 Å². The molecule has 0 aliphatic heterocycles. The molecule has 1 unspecified atom stereocenters. The Morgan fingerprint density at radius 1 is 0.971 bits per heavy atom. The van der Waals surface area contributed by atoms with Crippen molar-refractivity contribution in [1.82, 2.24) is 13.7 Å². The predicted molar refractivity (Wildman–Crippen MR) is 141 cm³/mol. The van der Waals surface area contributed by atoms with Crippen molar-refractivity contribution in [3.8, 4) is 5.69 Å². The van der Waals surface area contributed by atoms with Crippen molar-refractivity contribution in [3.05, 3.63) is 95.8 Å². The summed E-state index contributed by atoms with van der Waals surface area (Å²) in [4.78, 5) is 40.5. The highest BCUT2D eigenvalue weighted by molar-refractivity contribution is 9.10. The average molecular weight is 523 g/mol. The normalized spacial score (nSPS) is 12.1. The number of rotatable bonds is 6. The molecule has 176 valence electrons. The van der Waals surface area contributed by atoms with Crippen molar-refractivity contribution in [3.63, 3.8) is 0 Å². The van der Waals surface area contributed by atoms with E-state index >= 15 is 0 Å². The highest BCUT2D eigenvalue weighted by Gasteiger charge is 2.23. The zero-order valence-electron chi connectivity index (χ0n) is 19.6. The minimum absolute atomic E-state index is 0.255. The van der Waals surface area contributed by atoms with Gasteiger partial charge in [0.15, 0.2) is 0 Å². The van der Waals surface area contributed by atoms with Crippen LogP contribution in [-0.2, 0) is 13.5 Å². The van der Waals surface area contributed by atoms with Crippen LogP contribution in [0.5, 0.6) is 0 Å². The van der Waals surface area contributed by atoms with Gasteiger partial charge in [-0.1, -0.05) is 48.0 Å². The summed E-state index contributed by atoms with van der Waals surface area (Å²) < 4.78 is 5.05. The van der Waals surface area contributed by atoms with E-state index in [0.717, 1.165) is 22.1 Å².